The van der Waals surface area contributed by atoms with Gasteiger partial charge in [0.05, 0.1) is 6.20 Å². The van der Waals surface area contributed by atoms with Crippen molar-refractivity contribution in [2.75, 3.05) is 0 Å². The van der Waals surface area contributed by atoms with E-state index >= 15 is 0 Å². The fourth-order valence-corrected chi connectivity index (χ4v) is 3.14. The van der Waals surface area contributed by atoms with Gasteiger partial charge in [-0.3, -0.25) is 4.68 Å². The van der Waals surface area contributed by atoms with Crippen molar-refractivity contribution in [2.45, 2.75) is 65.0 Å². The normalized spacial score (nSPS) is 28.8. The quantitative estimate of drug-likeness (QED) is 0.890. The van der Waals surface area contributed by atoms with Crippen LogP contribution in [0.2, 0.25) is 0 Å². The summed E-state index contributed by atoms with van der Waals surface area (Å²) < 4.78 is 2.06. The molecule has 18 heavy (non-hydrogen) atoms. The summed E-state index contributed by atoms with van der Waals surface area (Å²) in [6.45, 7) is 7.86. The van der Waals surface area contributed by atoms with Crippen LogP contribution in [0.4, 0.5) is 0 Å². The monoisotopic (exact) mass is 249 g/mol. The number of nitrogens with zero attached hydrogens (tertiary/aromatic N) is 2. The van der Waals surface area contributed by atoms with Gasteiger partial charge in [-0.2, -0.15) is 5.10 Å². The minimum Gasteiger partial charge on any atom is -0.327 e. The third kappa shape index (κ3) is 2.94. The molecule has 0 bridgehead atoms. The van der Waals surface area contributed by atoms with Crippen molar-refractivity contribution in [1.82, 2.24) is 9.78 Å². The topological polar surface area (TPSA) is 43.8 Å². The summed E-state index contributed by atoms with van der Waals surface area (Å²) in [6, 6.07) is 0.319. The largest absolute Gasteiger partial charge is 0.327 e. The van der Waals surface area contributed by atoms with Crippen LogP contribution in [0.3, 0.4) is 0 Å². The zero-order valence-electron chi connectivity index (χ0n) is 12.0. The first-order valence-electron chi connectivity index (χ1n) is 7.39. The molecule has 0 aliphatic heterocycles. The molecule has 0 amide bonds. The maximum atomic E-state index is 6.32. The fourth-order valence-electron chi connectivity index (χ4n) is 3.14. The Labute approximate surface area is 111 Å². The summed E-state index contributed by atoms with van der Waals surface area (Å²) >= 11 is 0. The van der Waals surface area contributed by atoms with Crippen LogP contribution in [0.5, 0.6) is 0 Å². The Morgan fingerprint density at radius 2 is 2.22 bits per heavy atom. The van der Waals surface area contributed by atoms with Crippen molar-refractivity contribution < 1.29 is 0 Å². The molecule has 3 nitrogen and oxygen atoms in total. The molecular weight excluding hydrogens is 222 g/mol. The maximum absolute atomic E-state index is 6.32. The molecule has 1 aromatic heterocycles. The Kier molecular flexibility index (Phi) is 4.44. The second kappa shape index (κ2) is 5.87. The molecule has 0 spiro atoms. The molecular formula is C15H27N3. The van der Waals surface area contributed by atoms with E-state index in [-0.39, 0.29) is 0 Å². The SMILES string of the molecule is CCCn1cc(C2CC(C(C)C)CCC2N)cn1. The second-order valence-electron chi connectivity index (χ2n) is 6.12. The van der Waals surface area contributed by atoms with Gasteiger partial charge in [-0.15, -0.1) is 0 Å². The van der Waals surface area contributed by atoms with Gasteiger partial charge < -0.3 is 5.73 Å². The Balaban J connectivity index is 2.08. The molecule has 3 unspecified atom stereocenters. The van der Waals surface area contributed by atoms with Gasteiger partial charge in [-0.05, 0) is 43.1 Å². The summed E-state index contributed by atoms with van der Waals surface area (Å²) in [5.41, 5.74) is 7.67. The molecule has 0 saturated heterocycles. The molecule has 2 N–H and O–H groups in total. The number of hydrogen-bond acceptors (Lipinski definition) is 2. The van der Waals surface area contributed by atoms with Gasteiger partial charge in [0.15, 0.2) is 0 Å². The summed E-state index contributed by atoms with van der Waals surface area (Å²) in [5, 5.41) is 4.45. The highest BCUT2D eigenvalue weighted by atomic mass is 15.3. The lowest BCUT2D eigenvalue weighted by molar-refractivity contribution is 0.232. The molecule has 1 aliphatic carbocycles. The summed E-state index contributed by atoms with van der Waals surface area (Å²) in [4.78, 5) is 0. The smallest absolute Gasteiger partial charge is 0.0525 e. The predicted octanol–water partition coefficient (Wildman–Crippen LogP) is 3.16. The molecule has 2 rings (SSSR count). The number of hydrogen-bond donors (Lipinski definition) is 1. The van der Waals surface area contributed by atoms with Gasteiger partial charge in [0, 0.05) is 24.7 Å². The van der Waals surface area contributed by atoms with E-state index in [1.807, 2.05) is 6.20 Å². The van der Waals surface area contributed by atoms with Crippen molar-refractivity contribution in [3.8, 4) is 0 Å². The molecule has 1 fully saturated rings. The van der Waals surface area contributed by atoms with E-state index in [0.717, 1.165) is 31.2 Å². The lowest BCUT2D eigenvalue weighted by Crippen LogP contribution is -2.35. The van der Waals surface area contributed by atoms with Crippen molar-refractivity contribution in [3.05, 3.63) is 18.0 Å². The Morgan fingerprint density at radius 1 is 1.44 bits per heavy atom. The lowest BCUT2D eigenvalue weighted by atomic mass is 9.72. The maximum Gasteiger partial charge on any atom is 0.0525 e. The van der Waals surface area contributed by atoms with Crippen LogP contribution in [0.15, 0.2) is 12.4 Å². The van der Waals surface area contributed by atoms with Crippen LogP contribution < -0.4 is 5.73 Å². The second-order valence-corrected chi connectivity index (χ2v) is 6.12. The third-order valence-electron chi connectivity index (χ3n) is 4.42. The van der Waals surface area contributed by atoms with Gasteiger partial charge in [-0.1, -0.05) is 20.8 Å². The predicted molar refractivity (Wildman–Crippen MR) is 75.4 cm³/mol. The van der Waals surface area contributed by atoms with Crippen LogP contribution in [0.25, 0.3) is 0 Å². The number of aromatic nitrogens is 2. The molecule has 102 valence electrons. The van der Waals surface area contributed by atoms with Crippen molar-refractivity contribution in [2.24, 2.45) is 17.6 Å². The minimum absolute atomic E-state index is 0.319. The average molecular weight is 249 g/mol. The molecule has 1 aliphatic rings. The van der Waals surface area contributed by atoms with E-state index in [2.05, 4.69) is 36.7 Å². The highest BCUT2D eigenvalue weighted by Gasteiger charge is 2.31. The van der Waals surface area contributed by atoms with Crippen LogP contribution in [0.1, 0.15) is 57.9 Å². The van der Waals surface area contributed by atoms with E-state index in [9.17, 15) is 0 Å². The van der Waals surface area contributed by atoms with Crippen LogP contribution in [-0.4, -0.2) is 15.8 Å². The summed E-state index contributed by atoms with van der Waals surface area (Å²) in [5.74, 6) is 2.10. The fraction of sp³-hybridized carbons (Fsp3) is 0.800. The van der Waals surface area contributed by atoms with Crippen LogP contribution in [-0.2, 0) is 6.54 Å². The van der Waals surface area contributed by atoms with E-state index in [1.54, 1.807) is 0 Å². The Bertz CT molecular complexity index is 370. The molecule has 3 atom stereocenters. The van der Waals surface area contributed by atoms with Crippen LogP contribution >= 0.6 is 0 Å². The van der Waals surface area contributed by atoms with Gasteiger partial charge in [0.1, 0.15) is 0 Å². The van der Waals surface area contributed by atoms with E-state index in [1.165, 1.54) is 18.4 Å². The highest BCUT2D eigenvalue weighted by Crippen LogP contribution is 2.38. The summed E-state index contributed by atoms with van der Waals surface area (Å²) in [6.07, 6.45) is 9.05. The van der Waals surface area contributed by atoms with Gasteiger partial charge in [0.25, 0.3) is 0 Å². The van der Waals surface area contributed by atoms with Gasteiger partial charge in [-0.25, -0.2) is 0 Å². The van der Waals surface area contributed by atoms with E-state index in [0.29, 0.717) is 12.0 Å². The zero-order chi connectivity index (χ0) is 13.1. The minimum atomic E-state index is 0.319. The first kappa shape index (κ1) is 13.6. The lowest BCUT2D eigenvalue weighted by Gasteiger charge is -2.35. The van der Waals surface area contributed by atoms with Crippen LogP contribution in [0, 0.1) is 11.8 Å². The number of nitrogens with two attached hydrogens (primary N) is 1. The number of rotatable bonds is 4. The van der Waals surface area contributed by atoms with Gasteiger partial charge in [0.2, 0.25) is 0 Å². The molecule has 3 heteroatoms. The number of aryl methyl sites for hydroxylation is 1. The van der Waals surface area contributed by atoms with Crippen molar-refractivity contribution in [3.63, 3.8) is 0 Å². The van der Waals surface area contributed by atoms with E-state index < -0.39 is 0 Å². The Morgan fingerprint density at radius 3 is 2.89 bits per heavy atom. The van der Waals surface area contributed by atoms with Gasteiger partial charge >= 0.3 is 0 Å². The Hall–Kier alpha value is -0.830. The molecule has 0 radical (unpaired) electrons. The standard InChI is InChI=1S/C15H27N3/c1-4-7-18-10-13(9-17-18)14-8-12(11(2)3)5-6-15(14)16/h9-12,14-15H,4-8,16H2,1-3H3. The first-order valence-corrected chi connectivity index (χ1v) is 7.39. The van der Waals surface area contributed by atoms with E-state index in [4.69, 9.17) is 5.73 Å². The van der Waals surface area contributed by atoms with Crippen molar-refractivity contribution >= 4 is 0 Å². The van der Waals surface area contributed by atoms with Crippen molar-refractivity contribution in [1.29, 1.82) is 0 Å². The molecule has 1 saturated carbocycles. The molecule has 1 heterocycles. The first-order chi connectivity index (χ1) is 8.61. The summed E-state index contributed by atoms with van der Waals surface area (Å²) in [7, 11) is 0. The zero-order valence-corrected chi connectivity index (χ0v) is 12.0. The molecule has 1 aromatic rings. The highest BCUT2D eigenvalue weighted by molar-refractivity contribution is 5.15. The third-order valence-corrected chi connectivity index (χ3v) is 4.42. The average Bonchev–Trinajstić information content (AvgIpc) is 2.78. The molecule has 0 aromatic carbocycles.